The molecule has 3 heterocycles. The molecule has 1 aliphatic rings. The van der Waals surface area contributed by atoms with Gasteiger partial charge >= 0.3 is 0 Å². The largest absolute Gasteiger partial charge is 0.300 e. The van der Waals surface area contributed by atoms with Crippen LogP contribution in [0.4, 0.5) is 11.1 Å². The van der Waals surface area contributed by atoms with E-state index in [9.17, 15) is 0 Å². The predicted molar refractivity (Wildman–Crippen MR) is 101 cm³/mol. The van der Waals surface area contributed by atoms with Gasteiger partial charge in [-0.1, -0.05) is 30.3 Å². The van der Waals surface area contributed by atoms with Gasteiger partial charge in [-0.25, -0.2) is 15.0 Å². The van der Waals surface area contributed by atoms with Gasteiger partial charge in [-0.05, 0) is 37.4 Å². The summed E-state index contributed by atoms with van der Waals surface area (Å²) in [4.78, 5) is 15.8. The van der Waals surface area contributed by atoms with E-state index in [1.807, 2.05) is 17.6 Å². The zero-order chi connectivity index (χ0) is 16.9. The lowest BCUT2D eigenvalue weighted by Gasteiger charge is -2.24. The Morgan fingerprint density at radius 1 is 1.12 bits per heavy atom. The van der Waals surface area contributed by atoms with E-state index in [0.29, 0.717) is 12.0 Å². The standard InChI is InChI=1S/C19H21N5S/c1-2-5-15(6-3-1)9-13-24-12-4-7-17(24)16-8-10-20-18(22-16)23-19-21-11-14-25-19/h1-3,5-6,8,10-11,14,17H,4,7,9,12-13H2,(H,20,21,22,23). The topological polar surface area (TPSA) is 53.9 Å². The molecule has 0 aliphatic carbocycles. The average molecular weight is 351 g/mol. The minimum Gasteiger partial charge on any atom is -0.300 e. The Morgan fingerprint density at radius 2 is 2.04 bits per heavy atom. The summed E-state index contributed by atoms with van der Waals surface area (Å²) in [5.74, 6) is 0.627. The first-order valence-corrected chi connectivity index (χ1v) is 9.54. The molecule has 1 saturated heterocycles. The molecule has 5 nitrogen and oxygen atoms in total. The normalized spacial score (nSPS) is 17.7. The Kier molecular flexibility index (Phi) is 4.99. The maximum atomic E-state index is 4.74. The number of nitrogens with one attached hydrogen (secondary N) is 1. The van der Waals surface area contributed by atoms with Crippen molar-refractivity contribution in [1.82, 2.24) is 19.9 Å². The fourth-order valence-corrected chi connectivity index (χ4v) is 3.87. The van der Waals surface area contributed by atoms with E-state index in [1.54, 1.807) is 17.5 Å². The van der Waals surface area contributed by atoms with Crippen LogP contribution in [0.1, 0.15) is 30.1 Å². The van der Waals surface area contributed by atoms with E-state index in [-0.39, 0.29) is 0 Å². The van der Waals surface area contributed by atoms with Crippen LogP contribution in [0.2, 0.25) is 0 Å². The van der Waals surface area contributed by atoms with Crippen LogP contribution in [0.15, 0.2) is 54.2 Å². The van der Waals surface area contributed by atoms with Crippen LogP contribution in [0.25, 0.3) is 0 Å². The first-order chi connectivity index (χ1) is 12.4. The van der Waals surface area contributed by atoms with Crippen LogP contribution < -0.4 is 5.32 Å². The second-order valence-corrected chi connectivity index (χ2v) is 7.09. The van der Waals surface area contributed by atoms with Crippen LogP contribution >= 0.6 is 11.3 Å². The lowest BCUT2D eigenvalue weighted by atomic mass is 10.1. The minimum atomic E-state index is 0.378. The molecular formula is C19H21N5S. The molecule has 0 radical (unpaired) electrons. The zero-order valence-corrected chi connectivity index (χ0v) is 14.8. The summed E-state index contributed by atoms with van der Waals surface area (Å²) in [5, 5.41) is 5.95. The number of thiazole rings is 1. The number of hydrogen-bond donors (Lipinski definition) is 1. The van der Waals surface area contributed by atoms with E-state index in [1.165, 1.54) is 12.0 Å². The van der Waals surface area contributed by atoms with Gasteiger partial charge in [0, 0.05) is 24.3 Å². The maximum Gasteiger partial charge on any atom is 0.229 e. The maximum absolute atomic E-state index is 4.74. The number of likely N-dealkylation sites (tertiary alicyclic amines) is 1. The van der Waals surface area contributed by atoms with Gasteiger partial charge in [0.05, 0.1) is 11.7 Å². The Hall–Kier alpha value is -2.31. The summed E-state index contributed by atoms with van der Waals surface area (Å²) in [6.45, 7) is 2.20. The van der Waals surface area contributed by atoms with E-state index < -0.39 is 0 Å². The Balaban J connectivity index is 1.44. The van der Waals surface area contributed by atoms with Gasteiger partial charge < -0.3 is 5.32 Å². The highest BCUT2D eigenvalue weighted by Gasteiger charge is 2.27. The third kappa shape index (κ3) is 4.03. The van der Waals surface area contributed by atoms with Crippen LogP contribution in [-0.2, 0) is 6.42 Å². The molecule has 0 saturated carbocycles. The predicted octanol–water partition coefficient (Wildman–Crippen LogP) is 4.06. The molecule has 1 unspecified atom stereocenters. The second-order valence-electron chi connectivity index (χ2n) is 6.20. The third-order valence-electron chi connectivity index (χ3n) is 4.56. The van der Waals surface area contributed by atoms with E-state index in [2.05, 4.69) is 50.5 Å². The van der Waals surface area contributed by atoms with Crippen molar-refractivity contribution in [3.63, 3.8) is 0 Å². The fraction of sp³-hybridized carbons (Fsp3) is 0.316. The number of hydrogen-bond acceptors (Lipinski definition) is 6. The molecule has 0 bridgehead atoms. The minimum absolute atomic E-state index is 0.378. The van der Waals surface area contributed by atoms with Gasteiger partial charge in [0.1, 0.15) is 0 Å². The molecule has 1 fully saturated rings. The number of anilines is 2. The molecule has 6 heteroatoms. The lowest BCUT2D eigenvalue weighted by molar-refractivity contribution is 0.256. The summed E-state index contributed by atoms with van der Waals surface area (Å²) in [5.41, 5.74) is 2.49. The zero-order valence-electron chi connectivity index (χ0n) is 14.0. The van der Waals surface area contributed by atoms with Gasteiger partial charge in [-0.2, -0.15) is 0 Å². The van der Waals surface area contributed by atoms with Gasteiger partial charge in [-0.3, -0.25) is 4.90 Å². The Bertz CT molecular complexity index is 791. The summed E-state index contributed by atoms with van der Waals surface area (Å²) >= 11 is 1.55. The van der Waals surface area contributed by atoms with Crippen LogP contribution in [0.5, 0.6) is 0 Å². The number of benzene rings is 1. The van der Waals surface area contributed by atoms with Crippen molar-refractivity contribution in [2.24, 2.45) is 0 Å². The van der Waals surface area contributed by atoms with Crippen LogP contribution in [0.3, 0.4) is 0 Å². The van der Waals surface area contributed by atoms with Gasteiger partial charge in [0.15, 0.2) is 5.13 Å². The first-order valence-electron chi connectivity index (χ1n) is 8.66. The summed E-state index contributed by atoms with van der Waals surface area (Å²) in [6, 6.07) is 13.1. The van der Waals surface area contributed by atoms with Crippen molar-refractivity contribution in [2.75, 3.05) is 18.4 Å². The smallest absolute Gasteiger partial charge is 0.229 e. The summed E-state index contributed by atoms with van der Waals surface area (Å²) < 4.78 is 0. The third-order valence-corrected chi connectivity index (χ3v) is 5.25. The molecule has 1 aromatic carbocycles. The average Bonchev–Trinajstić information content (AvgIpc) is 3.33. The molecule has 128 valence electrons. The molecule has 0 amide bonds. The molecule has 0 spiro atoms. The molecule has 1 aliphatic heterocycles. The fourth-order valence-electron chi connectivity index (χ4n) is 3.35. The first kappa shape index (κ1) is 16.2. The molecule has 2 aromatic heterocycles. The number of rotatable bonds is 6. The van der Waals surface area contributed by atoms with Crippen LogP contribution in [0, 0.1) is 0 Å². The van der Waals surface area contributed by atoms with Crippen molar-refractivity contribution in [1.29, 1.82) is 0 Å². The monoisotopic (exact) mass is 351 g/mol. The van der Waals surface area contributed by atoms with Gasteiger partial charge in [0.2, 0.25) is 5.95 Å². The molecule has 4 rings (SSSR count). The van der Waals surface area contributed by atoms with E-state index in [4.69, 9.17) is 4.98 Å². The van der Waals surface area contributed by atoms with Crippen molar-refractivity contribution in [3.05, 3.63) is 65.4 Å². The SMILES string of the molecule is c1ccc(CCN2CCCC2c2ccnc(Nc3nccs3)n2)cc1. The summed E-state index contributed by atoms with van der Waals surface area (Å²) in [6.07, 6.45) is 7.07. The van der Waals surface area contributed by atoms with Crippen molar-refractivity contribution in [2.45, 2.75) is 25.3 Å². The number of aromatic nitrogens is 3. The Morgan fingerprint density at radius 3 is 2.88 bits per heavy atom. The lowest BCUT2D eigenvalue weighted by Crippen LogP contribution is -2.26. The van der Waals surface area contributed by atoms with Crippen molar-refractivity contribution < 1.29 is 0 Å². The molecule has 1 atom stereocenters. The van der Waals surface area contributed by atoms with E-state index >= 15 is 0 Å². The van der Waals surface area contributed by atoms with Gasteiger partial charge in [0.25, 0.3) is 0 Å². The molecule has 1 N–H and O–H groups in total. The van der Waals surface area contributed by atoms with Crippen molar-refractivity contribution >= 4 is 22.4 Å². The van der Waals surface area contributed by atoms with Crippen molar-refractivity contribution in [3.8, 4) is 0 Å². The highest BCUT2D eigenvalue weighted by molar-refractivity contribution is 7.13. The Labute approximate surface area is 151 Å². The number of nitrogens with zero attached hydrogens (tertiary/aromatic N) is 4. The molecular weight excluding hydrogens is 330 g/mol. The summed E-state index contributed by atoms with van der Waals surface area (Å²) in [7, 11) is 0. The van der Waals surface area contributed by atoms with Crippen LogP contribution in [-0.4, -0.2) is 32.9 Å². The molecule has 3 aromatic rings. The highest BCUT2D eigenvalue weighted by atomic mass is 32.1. The highest BCUT2D eigenvalue weighted by Crippen LogP contribution is 2.31. The van der Waals surface area contributed by atoms with E-state index in [0.717, 1.165) is 36.8 Å². The molecule has 25 heavy (non-hydrogen) atoms. The second kappa shape index (κ2) is 7.72. The quantitative estimate of drug-likeness (QED) is 0.726. The van der Waals surface area contributed by atoms with Gasteiger partial charge in [-0.15, -0.1) is 11.3 Å².